The zero-order valence-electron chi connectivity index (χ0n) is 16.0. The summed E-state index contributed by atoms with van der Waals surface area (Å²) in [5, 5.41) is 3.16. The lowest BCUT2D eigenvalue weighted by Gasteiger charge is -2.18. The Balaban J connectivity index is 1.94. The summed E-state index contributed by atoms with van der Waals surface area (Å²) in [6.07, 6.45) is 0. The van der Waals surface area contributed by atoms with Crippen LogP contribution >= 0.6 is 0 Å². The molecule has 3 N–H and O–H groups in total. The molecule has 0 heterocycles. The van der Waals surface area contributed by atoms with Crippen LogP contribution in [0, 0.1) is 0 Å². The number of aliphatic imine (C=N–C) groups is 1. The van der Waals surface area contributed by atoms with E-state index in [1.165, 1.54) is 5.56 Å². The second-order valence-electron chi connectivity index (χ2n) is 6.19. The van der Waals surface area contributed by atoms with E-state index in [9.17, 15) is 0 Å². The fourth-order valence-corrected chi connectivity index (χ4v) is 2.73. The molecule has 0 aliphatic carbocycles. The van der Waals surface area contributed by atoms with Gasteiger partial charge in [0, 0.05) is 24.9 Å². The van der Waals surface area contributed by atoms with Crippen LogP contribution in [0.2, 0.25) is 0 Å². The molecule has 140 valence electrons. The number of hydrogen-bond acceptors (Lipinski definition) is 3. The fraction of sp³-hybridized carbons (Fsp3) is 0.381. The number of anilines is 1. The number of nitrogens with zero attached hydrogens (tertiary/aromatic N) is 2. The van der Waals surface area contributed by atoms with Crippen LogP contribution in [-0.2, 0) is 24.4 Å². The van der Waals surface area contributed by atoms with Crippen molar-refractivity contribution in [2.75, 3.05) is 25.5 Å². The average molecular weight is 354 g/mol. The summed E-state index contributed by atoms with van der Waals surface area (Å²) in [7, 11) is 1.68. The Morgan fingerprint density at radius 3 is 2.35 bits per heavy atom. The van der Waals surface area contributed by atoms with Gasteiger partial charge in [0.15, 0.2) is 5.96 Å². The van der Waals surface area contributed by atoms with Crippen LogP contribution in [-0.4, -0.2) is 31.1 Å². The van der Waals surface area contributed by atoms with E-state index >= 15 is 0 Å². The van der Waals surface area contributed by atoms with E-state index in [0.717, 1.165) is 36.4 Å². The summed E-state index contributed by atoms with van der Waals surface area (Å²) in [6, 6.07) is 16.5. The maximum Gasteiger partial charge on any atom is 0.193 e. The number of methoxy groups -OCH3 is 1. The lowest BCUT2D eigenvalue weighted by atomic mass is 10.1. The van der Waals surface area contributed by atoms with Crippen LogP contribution in [0.25, 0.3) is 0 Å². The first-order valence-corrected chi connectivity index (χ1v) is 9.10. The molecule has 0 aromatic heterocycles. The minimum absolute atomic E-state index is 0.403. The van der Waals surface area contributed by atoms with Gasteiger partial charge >= 0.3 is 0 Å². The standard InChI is InChI=1S/C21H30N4O/c1-4-25(5-2)15-18-12-10-17(11-13-18)14-23-21(22)24-20-9-7-6-8-19(20)16-26-3/h6-13H,4-5,14-16H2,1-3H3,(H3,22,23,24). The summed E-state index contributed by atoms with van der Waals surface area (Å²) < 4.78 is 5.21. The molecule has 0 unspecified atom stereocenters. The van der Waals surface area contributed by atoms with E-state index < -0.39 is 0 Å². The molecule has 0 saturated carbocycles. The molecule has 0 fully saturated rings. The van der Waals surface area contributed by atoms with Gasteiger partial charge in [-0.05, 0) is 30.3 Å². The van der Waals surface area contributed by atoms with Crippen molar-refractivity contribution < 1.29 is 4.74 Å². The molecular formula is C21H30N4O. The Morgan fingerprint density at radius 2 is 1.69 bits per heavy atom. The molecule has 5 heteroatoms. The highest BCUT2D eigenvalue weighted by Gasteiger charge is 2.03. The van der Waals surface area contributed by atoms with Crippen molar-refractivity contribution in [1.82, 2.24) is 4.90 Å². The van der Waals surface area contributed by atoms with Gasteiger partial charge in [0.25, 0.3) is 0 Å². The first-order valence-electron chi connectivity index (χ1n) is 9.10. The second-order valence-corrected chi connectivity index (χ2v) is 6.19. The molecule has 0 amide bonds. The van der Waals surface area contributed by atoms with E-state index in [2.05, 4.69) is 53.3 Å². The van der Waals surface area contributed by atoms with Gasteiger partial charge in [-0.3, -0.25) is 4.90 Å². The fourth-order valence-electron chi connectivity index (χ4n) is 2.73. The maximum absolute atomic E-state index is 6.04. The van der Waals surface area contributed by atoms with Gasteiger partial charge in [-0.25, -0.2) is 4.99 Å². The van der Waals surface area contributed by atoms with Gasteiger partial charge in [-0.1, -0.05) is 56.3 Å². The van der Waals surface area contributed by atoms with E-state index in [4.69, 9.17) is 10.5 Å². The van der Waals surface area contributed by atoms with Crippen LogP contribution in [0.1, 0.15) is 30.5 Å². The van der Waals surface area contributed by atoms with Crippen molar-refractivity contribution in [3.05, 3.63) is 65.2 Å². The average Bonchev–Trinajstić information content (AvgIpc) is 2.67. The summed E-state index contributed by atoms with van der Waals surface area (Å²) in [5.74, 6) is 0.403. The Morgan fingerprint density at radius 1 is 1.04 bits per heavy atom. The lowest BCUT2D eigenvalue weighted by Crippen LogP contribution is -2.23. The summed E-state index contributed by atoms with van der Waals surface area (Å²) in [5.41, 5.74) is 10.5. The highest BCUT2D eigenvalue weighted by molar-refractivity contribution is 5.92. The first-order chi connectivity index (χ1) is 12.7. The molecule has 0 saturated heterocycles. The Bertz CT molecular complexity index is 693. The number of rotatable bonds is 9. The number of hydrogen-bond donors (Lipinski definition) is 2. The van der Waals surface area contributed by atoms with E-state index in [1.54, 1.807) is 7.11 Å². The van der Waals surface area contributed by atoms with Gasteiger partial charge in [0.2, 0.25) is 0 Å². The van der Waals surface area contributed by atoms with E-state index in [1.807, 2.05) is 24.3 Å². The molecule has 0 bridgehead atoms. The second kappa shape index (κ2) is 10.6. The van der Waals surface area contributed by atoms with Crippen molar-refractivity contribution >= 4 is 11.6 Å². The Kier molecular flexibility index (Phi) is 8.12. The predicted molar refractivity (Wildman–Crippen MR) is 109 cm³/mol. The number of nitrogens with two attached hydrogens (primary N) is 1. The van der Waals surface area contributed by atoms with Gasteiger partial charge in [-0.2, -0.15) is 0 Å². The van der Waals surface area contributed by atoms with Gasteiger partial charge in [0.1, 0.15) is 0 Å². The largest absolute Gasteiger partial charge is 0.380 e. The number of para-hydroxylation sites is 1. The molecule has 0 spiro atoms. The number of guanidine groups is 1. The summed E-state index contributed by atoms with van der Waals surface area (Å²) >= 11 is 0. The third-order valence-corrected chi connectivity index (χ3v) is 4.34. The SMILES string of the molecule is CCN(CC)Cc1ccc(CN=C(N)Nc2ccccc2COC)cc1. The quantitative estimate of drug-likeness (QED) is 0.533. The van der Waals surface area contributed by atoms with E-state index in [-0.39, 0.29) is 0 Å². The van der Waals surface area contributed by atoms with Gasteiger partial charge in [-0.15, -0.1) is 0 Å². The number of ether oxygens (including phenoxy) is 1. The number of nitrogens with one attached hydrogen (secondary N) is 1. The van der Waals surface area contributed by atoms with Crippen molar-refractivity contribution in [3.8, 4) is 0 Å². The highest BCUT2D eigenvalue weighted by Crippen LogP contribution is 2.15. The minimum Gasteiger partial charge on any atom is -0.380 e. The maximum atomic E-state index is 6.04. The monoisotopic (exact) mass is 354 g/mol. The Labute approximate surface area is 156 Å². The lowest BCUT2D eigenvalue weighted by molar-refractivity contribution is 0.185. The normalized spacial score (nSPS) is 11.8. The Hall–Kier alpha value is -2.37. The van der Waals surface area contributed by atoms with E-state index in [0.29, 0.717) is 19.1 Å². The van der Waals surface area contributed by atoms with Crippen molar-refractivity contribution in [3.63, 3.8) is 0 Å². The smallest absolute Gasteiger partial charge is 0.193 e. The molecule has 0 aliphatic rings. The third-order valence-electron chi connectivity index (χ3n) is 4.34. The molecule has 2 aromatic carbocycles. The van der Waals surface area contributed by atoms with Gasteiger partial charge in [0.05, 0.1) is 13.2 Å². The highest BCUT2D eigenvalue weighted by atomic mass is 16.5. The van der Waals surface area contributed by atoms with Crippen molar-refractivity contribution in [2.24, 2.45) is 10.7 Å². The number of benzene rings is 2. The van der Waals surface area contributed by atoms with Crippen LogP contribution in [0.5, 0.6) is 0 Å². The first kappa shape index (κ1) is 19.9. The predicted octanol–water partition coefficient (Wildman–Crippen LogP) is 3.60. The third kappa shape index (κ3) is 6.17. The molecule has 0 aliphatic heterocycles. The zero-order valence-corrected chi connectivity index (χ0v) is 16.0. The van der Waals surface area contributed by atoms with Crippen LogP contribution in [0.3, 0.4) is 0 Å². The van der Waals surface area contributed by atoms with Gasteiger partial charge < -0.3 is 15.8 Å². The van der Waals surface area contributed by atoms with Crippen LogP contribution < -0.4 is 11.1 Å². The molecular weight excluding hydrogens is 324 g/mol. The van der Waals surface area contributed by atoms with Crippen LogP contribution in [0.4, 0.5) is 5.69 Å². The molecule has 0 radical (unpaired) electrons. The molecule has 26 heavy (non-hydrogen) atoms. The summed E-state index contributed by atoms with van der Waals surface area (Å²) in [6.45, 7) is 8.57. The molecule has 2 aromatic rings. The molecule has 0 atom stereocenters. The van der Waals surface area contributed by atoms with Crippen molar-refractivity contribution in [2.45, 2.75) is 33.5 Å². The minimum atomic E-state index is 0.403. The summed E-state index contributed by atoms with van der Waals surface area (Å²) in [4.78, 5) is 6.84. The van der Waals surface area contributed by atoms with Crippen molar-refractivity contribution in [1.29, 1.82) is 0 Å². The topological polar surface area (TPSA) is 62.9 Å². The zero-order chi connectivity index (χ0) is 18.8. The van der Waals surface area contributed by atoms with Crippen LogP contribution in [0.15, 0.2) is 53.5 Å². The molecule has 2 rings (SSSR count). The molecule has 5 nitrogen and oxygen atoms in total.